The summed E-state index contributed by atoms with van der Waals surface area (Å²) in [5.74, 6) is 1.19. The van der Waals surface area contributed by atoms with Gasteiger partial charge in [0.15, 0.2) is 6.61 Å². The first-order valence-electron chi connectivity index (χ1n) is 8.00. The average Bonchev–Trinajstić information content (AvgIpc) is 3.06. The maximum atomic E-state index is 12.6. The third kappa shape index (κ3) is 4.23. The van der Waals surface area contributed by atoms with Gasteiger partial charge in [0.1, 0.15) is 5.75 Å². The van der Waals surface area contributed by atoms with E-state index in [0.717, 1.165) is 5.56 Å². The van der Waals surface area contributed by atoms with Gasteiger partial charge in [-0.3, -0.25) is 4.79 Å². The zero-order valence-corrected chi connectivity index (χ0v) is 14.1. The zero-order chi connectivity index (χ0) is 17.6. The van der Waals surface area contributed by atoms with Crippen LogP contribution in [0.25, 0.3) is 0 Å². The van der Waals surface area contributed by atoms with Crippen LogP contribution in [0.3, 0.4) is 0 Å². The second kappa shape index (κ2) is 7.61. The van der Waals surface area contributed by atoms with Crippen molar-refractivity contribution in [1.29, 1.82) is 0 Å². The predicted molar refractivity (Wildman–Crippen MR) is 92.1 cm³/mol. The van der Waals surface area contributed by atoms with E-state index in [1.807, 2.05) is 43.3 Å². The van der Waals surface area contributed by atoms with E-state index in [-0.39, 0.29) is 18.6 Å². The third-order valence-corrected chi connectivity index (χ3v) is 3.71. The van der Waals surface area contributed by atoms with Crippen molar-refractivity contribution in [3.05, 3.63) is 77.4 Å². The third-order valence-electron chi connectivity index (χ3n) is 3.71. The Morgan fingerprint density at radius 3 is 2.60 bits per heavy atom. The van der Waals surface area contributed by atoms with Crippen molar-refractivity contribution >= 4 is 5.91 Å². The number of para-hydroxylation sites is 1. The van der Waals surface area contributed by atoms with E-state index in [2.05, 4.69) is 15.5 Å². The summed E-state index contributed by atoms with van der Waals surface area (Å²) < 4.78 is 10.6. The standard InChI is InChI=1S/C19H19N3O3/c1-13(15-8-4-3-5-9-15)20-19(23)16-10-6-7-11-17(16)24-12-18-21-14(2)25-22-18/h3-11,13H,12H2,1-2H3,(H,20,23). The number of rotatable bonds is 6. The molecule has 128 valence electrons. The van der Waals surface area contributed by atoms with E-state index in [9.17, 15) is 4.79 Å². The largest absolute Gasteiger partial charge is 0.485 e. The van der Waals surface area contributed by atoms with E-state index in [4.69, 9.17) is 9.26 Å². The van der Waals surface area contributed by atoms with Crippen LogP contribution in [0, 0.1) is 6.92 Å². The lowest BCUT2D eigenvalue weighted by molar-refractivity contribution is 0.0935. The summed E-state index contributed by atoms with van der Waals surface area (Å²) in [4.78, 5) is 16.7. The van der Waals surface area contributed by atoms with Gasteiger partial charge in [-0.15, -0.1) is 0 Å². The monoisotopic (exact) mass is 337 g/mol. The lowest BCUT2D eigenvalue weighted by Gasteiger charge is -2.16. The summed E-state index contributed by atoms with van der Waals surface area (Å²) >= 11 is 0. The van der Waals surface area contributed by atoms with Crippen LogP contribution in [-0.2, 0) is 6.61 Å². The SMILES string of the molecule is Cc1nc(COc2ccccc2C(=O)NC(C)c2ccccc2)no1. The Morgan fingerprint density at radius 2 is 1.88 bits per heavy atom. The van der Waals surface area contributed by atoms with Gasteiger partial charge in [-0.25, -0.2) is 0 Å². The van der Waals surface area contributed by atoms with E-state index in [1.54, 1.807) is 25.1 Å². The highest BCUT2D eigenvalue weighted by molar-refractivity contribution is 5.97. The molecule has 1 N–H and O–H groups in total. The minimum Gasteiger partial charge on any atom is -0.485 e. The number of aromatic nitrogens is 2. The van der Waals surface area contributed by atoms with Crippen molar-refractivity contribution in [3.8, 4) is 5.75 Å². The Kier molecular flexibility index (Phi) is 5.09. The van der Waals surface area contributed by atoms with E-state index >= 15 is 0 Å². The van der Waals surface area contributed by atoms with Gasteiger partial charge in [0.2, 0.25) is 11.7 Å². The molecule has 6 nitrogen and oxygen atoms in total. The Bertz CT molecular complexity index is 846. The summed E-state index contributed by atoms with van der Waals surface area (Å²) in [6, 6.07) is 16.8. The van der Waals surface area contributed by atoms with Crippen molar-refractivity contribution in [2.24, 2.45) is 0 Å². The second-order valence-electron chi connectivity index (χ2n) is 5.62. The highest BCUT2D eigenvalue weighted by atomic mass is 16.5. The molecule has 0 fully saturated rings. The predicted octanol–water partition coefficient (Wildman–Crippen LogP) is 3.45. The van der Waals surface area contributed by atoms with Gasteiger partial charge in [-0.05, 0) is 24.6 Å². The summed E-state index contributed by atoms with van der Waals surface area (Å²) in [6.45, 7) is 3.79. The molecule has 25 heavy (non-hydrogen) atoms. The molecule has 0 radical (unpaired) electrons. The maximum Gasteiger partial charge on any atom is 0.255 e. The van der Waals surface area contributed by atoms with Crippen molar-refractivity contribution in [1.82, 2.24) is 15.5 Å². The smallest absolute Gasteiger partial charge is 0.255 e. The summed E-state index contributed by atoms with van der Waals surface area (Å²) in [6.07, 6.45) is 0. The molecule has 0 aliphatic rings. The van der Waals surface area contributed by atoms with Crippen molar-refractivity contribution in [2.75, 3.05) is 0 Å². The number of carbonyl (C=O) groups is 1. The Hall–Kier alpha value is -3.15. The van der Waals surface area contributed by atoms with Gasteiger partial charge in [-0.2, -0.15) is 4.98 Å². The summed E-state index contributed by atoms with van der Waals surface area (Å²) in [5, 5.41) is 6.77. The topological polar surface area (TPSA) is 77.2 Å². The summed E-state index contributed by atoms with van der Waals surface area (Å²) in [7, 11) is 0. The van der Waals surface area contributed by atoms with Crippen LogP contribution in [0.15, 0.2) is 59.1 Å². The van der Waals surface area contributed by atoms with Crippen molar-refractivity contribution in [2.45, 2.75) is 26.5 Å². The number of hydrogen-bond acceptors (Lipinski definition) is 5. The molecule has 0 saturated heterocycles. The van der Waals surface area contributed by atoms with E-state index in [1.165, 1.54) is 0 Å². The van der Waals surface area contributed by atoms with Gasteiger partial charge < -0.3 is 14.6 Å². The molecule has 1 heterocycles. The van der Waals surface area contributed by atoms with Gasteiger partial charge >= 0.3 is 0 Å². The maximum absolute atomic E-state index is 12.6. The first-order chi connectivity index (χ1) is 12.1. The molecular formula is C19H19N3O3. The van der Waals surface area contributed by atoms with Gasteiger partial charge in [0, 0.05) is 6.92 Å². The fraction of sp³-hybridized carbons (Fsp3) is 0.211. The van der Waals surface area contributed by atoms with Crippen LogP contribution < -0.4 is 10.1 Å². The molecule has 0 bridgehead atoms. The van der Waals surface area contributed by atoms with Gasteiger partial charge in [0.25, 0.3) is 5.91 Å². The van der Waals surface area contributed by atoms with E-state index in [0.29, 0.717) is 23.0 Å². The molecule has 3 rings (SSSR count). The van der Waals surface area contributed by atoms with Gasteiger partial charge in [0.05, 0.1) is 11.6 Å². The number of amides is 1. The number of carbonyl (C=O) groups excluding carboxylic acids is 1. The highest BCUT2D eigenvalue weighted by Crippen LogP contribution is 2.20. The Labute approximate surface area is 145 Å². The number of nitrogens with one attached hydrogen (secondary N) is 1. The minimum absolute atomic E-state index is 0.110. The Morgan fingerprint density at radius 1 is 1.16 bits per heavy atom. The molecule has 0 aliphatic carbocycles. The molecule has 3 aromatic rings. The van der Waals surface area contributed by atoms with Crippen molar-refractivity contribution < 1.29 is 14.1 Å². The van der Waals surface area contributed by atoms with Crippen LogP contribution >= 0.6 is 0 Å². The molecule has 0 spiro atoms. The molecule has 6 heteroatoms. The highest BCUT2D eigenvalue weighted by Gasteiger charge is 2.16. The van der Waals surface area contributed by atoms with Crippen molar-refractivity contribution in [3.63, 3.8) is 0 Å². The number of hydrogen-bond donors (Lipinski definition) is 1. The minimum atomic E-state index is -0.198. The number of benzene rings is 2. The molecule has 1 aromatic heterocycles. The lowest BCUT2D eigenvalue weighted by atomic mass is 10.1. The number of aryl methyl sites for hydroxylation is 1. The van der Waals surface area contributed by atoms with Crippen LogP contribution in [-0.4, -0.2) is 16.0 Å². The van der Waals surface area contributed by atoms with Gasteiger partial charge in [-0.1, -0.05) is 47.6 Å². The normalized spacial score (nSPS) is 11.8. The molecule has 0 aliphatic heterocycles. The number of nitrogens with zero attached hydrogens (tertiary/aromatic N) is 2. The first-order valence-corrected chi connectivity index (χ1v) is 8.00. The lowest BCUT2D eigenvalue weighted by Crippen LogP contribution is -2.27. The molecule has 0 saturated carbocycles. The second-order valence-corrected chi connectivity index (χ2v) is 5.62. The quantitative estimate of drug-likeness (QED) is 0.745. The van der Waals surface area contributed by atoms with Crippen LogP contribution in [0.4, 0.5) is 0 Å². The summed E-state index contributed by atoms with van der Waals surface area (Å²) in [5.41, 5.74) is 1.50. The zero-order valence-electron chi connectivity index (χ0n) is 14.1. The van der Waals surface area contributed by atoms with Crippen LogP contribution in [0.5, 0.6) is 5.75 Å². The fourth-order valence-electron chi connectivity index (χ4n) is 2.42. The molecule has 1 atom stereocenters. The molecule has 2 aromatic carbocycles. The fourth-order valence-corrected chi connectivity index (χ4v) is 2.42. The first kappa shape index (κ1) is 16.7. The Balaban J connectivity index is 1.70. The van der Waals surface area contributed by atoms with Crippen LogP contribution in [0.2, 0.25) is 0 Å². The van der Waals surface area contributed by atoms with E-state index < -0.39 is 0 Å². The van der Waals surface area contributed by atoms with Crippen LogP contribution in [0.1, 0.15) is 40.6 Å². The molecule has 1 amide bonds. The molecular weight excluding hydrogens is 318 g/mol. The average molecular weight is 337 g/mol. The molecule has 1 unspecified atom stereocenters. The number of ether oxygens (including phenoxy) is 1.